The molecular weight excluding hydrogens is 271 g/mol. The maximum atomic E-state index is 13.5. The lowest BCUT2D eigenvalue weighted by molar-refractivity contribution is -0.0171. The number of fused-ring (bicyclic) bond motifs is 1. The molecule has 1 heterocycles. The van der Waals surface area contributed by atoms with E-state index in [1.54, 1.807) is 0 Å². The molecule has 1 atom stereocenters. The first kappa shape index (κ1) is 14.4. The second kappa shape index (κ2) is 6.98. The van der Waals surface area contributed by atoms with E-state index in [0.717, 1.165) is 0 Å². The van der Waals surface area contributed by atoms with Crippen molar-refractivity contribution in [1.82, 2.24) is 0 Å². The summed E-state index contributed by atoms with van der Waals surface area (Å²) in [6, 6.07) is 2.77. The van der Waals surface area contributed by atoms with Crippen LogP contribution in [-0.4, -0.2) is 30.0 Å². The van der Waals surface area contributed by atoms with E-state index >= 15 is 0 Å². The molecule has 1 aromatic carbocycles. The van der Waals surface area contributed by atoms with Crippen LogP contribution in [0.2, 0.25) is 0 Å². The lowest BCUT2D eigenvalue weighted by Crippen LogP contribution is -2.15. The molecule has 1 aliphatic rings. The molecule has 0 radical (unpaired) electrons. The summed E-state index contributed by atoms with van der Waals surface area (Å²) in [4.78, 5) is 0. The standard InChI is InChI=1S/C13H17FO4S/c1-2-16-3-4-19(15)8-11-6-12(14)5-10-7-17-9-18-13(10)11/h5-6H,2-4,7-9H2,1H3/t19-/m1/s1. The van der Waals surface area contributed by atoms with E-state index < -0.39 is 10.8 Å². The summed E-state index contributed by atoms with van der Waals surface area (Å²) >= 11 is 0. The smallest absolute Gasteiger partial charge is 0.189 e. The minimum Gasteiger partial charge on any atom is -0.467 e. The maximum absolute atomic E-state index is 13.5. The van der Waals surface area contributed by atoms with Crippen LogP contribution in [0.15, 0.2) is 12.1 Å². The molecule has 6 heteroatoms. The van der Waals surface area contributed by atoms with Gasteiger partial charge in [0.05, 0.1) is 19.0 Å². The van der Waals surface area contributed by atoms with E-state index in [9.17, 15) is 8.60 Å². The lowest BCUT2D eigenvalue weighted by Gasteiger charge is -2.20. The number of hydrogen-bond acceptors (Lipinski definition) is 4. The van der Waals surface area contributed by atoms with Crippen molar-refractivity contribution in [3.63, 3.8) is 0 Å². The zero-order valence-corrected chi connectivity index (χ0v) is 11.6. The molecule has 0 aliphatic carbocycles. The Hall–Kier alpha value is -0.980. The first-order chi connectivity index (χ1) is 9.20. The van der Waals surface area contributed by atoms with E-state index in [-0.39, 0.29) is 18.4 Å². The molecule has 0 saturated carbocycles. The summed E-state index contributed by atoms with van der Waals surface area (Å²) in [5, 5.41) is 0. The Morgan fingerprint density at radius 1 is 1.47 bits per heavy atom. The summed E-state index contributed by atoms with van der Waals surface area (Å²) in [6.45, 7) is 3.42. The number of ether oxygens (including phenoxy) is 3. The van der Waals surface area contributed by atoms with Gasteiger partial charge in [-0.2, -0.15) is 0 Å². The van der Waals surface area contributed by atoms with Gasteiger partial charge in [-0.25, -0.2) is 4.39 Å². The molecule has 0 unspecified atom stereocenters. The molecule has 0 bridgehead atoms. The van der Waals surface area contributed by atoms with Gasteiger partial charge in [-0.1, -0.05) is 0 Å². The summed E-state index contributed by atoms with van der Waals surface area (Å²) in [5.74, 6) is 0.963. The third kappa shape index (κ3) is 3.99. The average Bonchev–Trinajstić information content (AvgIpc) is 2.39. The summed E-state index contributed by atoms with van der Waals surface area (Å²) in [7, 11) is -1.09. The zero-order valence-electron chi connectivity index (χ0n) is 10.8. The second-order valence-corrected chi connectivity index (χ2v) is 5.73. The number of rotatable bonds is 6. The SMILES string of the molecule is CCOCC[S@@](=O)Cc1cc(F)cc2c1OCOC2. The van der Waals surface area contributed by atoms with Crippen molar-refractivity contribution >= 4 is 10.8 Å². The maximum Gasteiger partial charge on any atom is 0.189 e. The average molecular weight is 288 g/mol. The van der Waals surface area contributed by atoms with E-state index in [2.05, 4.69) is 0 Å². The van der Waals surface area contributed by atoms with Crippen molar-refractivity contribution in [2.75, 3.05) is 25.8 Å². The van der Waals surface area contributed by atoms with E-state index in [1.807, 2.05) is 6.92 Å². The van der Waals surface area contributed by atoms with Gasteiger partial charge in [-0.05, 0) is 19.1 Å². The van der Waals surface area contributed by atoms with Crippen molar-refractivity contribution in [2.45, 2.75) is 19.3 Å². The first-order valence-corrected chi connectivity index (χ1v) is 7.64. The van der Waals surface area contributed by atoms with Crippen molar-refractivity contribution in [3.8, 4) is 5.75 Å². The summed E-state index contributed by atoms with van der Waals surface area (Å²) in [5.41, 5.74) is 1.30. The minimum absolute atomic E-state index is 0.150. The van der Waals surface area contributed by atoms with Gasteiger partial charge in [0.1, 0.15) is 11.6 Å². The Morgan fingerprint density at radius 2 is 2.32 bits per heavy atom. The predicted octanol–water partition coefficient (Wildman–Crippen LogP) is 1.98. The topological polar surface area (TPSA) is 44.8 Å². The fourth-order valence-corrected chi connectivity index (χ4v) is 2.92. The van der Waals surface area contributed by atoms with Gasteiger partial charge < -0.3 is 14.2 Å². The Labute approximate surface area is 114 Å². The van der Waals surface area contributed by atoms with Crippen LogP contribution in [0, 0.1) is 5.82 Å². The highest BCUT2D eigenvalue weighted by Crippen LogP contribution is 2.30. The number of hydrogen-bond donors (Lipinski definition) is 0. The highest BCUT2D eigenvalue weighted by atomic mass is 32.2. The minimum atomic E-state index is -1.09. The Morgan fingerprint density at radius 3 is 3.11 bits per heavy atom. The van der Waals surface area contributed by atoms with Crippen molar-refractivity contribution in [3.05, 3.63) is 29.1 Å². The van der Waals surface area contributed by atoms with Gasteiger partial charge in [0.2, 0.25) is 0 Å². The van der Waals surface area contributed by atoms with Crippen LogP contribution < -0.4 is 4.74 Å². The van der Waals surface area contributed by atoms with Crippen molar-refractivity contribution in [2.24, 2.45) is 0 Å². The van der Waals surface area contributed by atoms with Crippen LogP contribution in [0.25, 0.3) is 0 Å². The molecule has 2 rings (SSSR count). The molecule has 106 valence electrons. The van der Waals surface area contributed by atoms with Gasteiger partial charge in [0.25, 0.3) is 0 Å². The Bertz CT molecular complexity index is 464. The van der Waals surface area contributed by atoms with E-state index in [0.29, 0.717) is 42.4 Å². The molecular formula is C13H17FO4S. The first-order valence-electron chi connectivity index (χ1n) is 6.15. The van der Waals surface area contributed by atoms with Crippen LogP contribution in [0.5, 0.6) is 5.75 Å². The molecule has 0 saturated heterocycles. The third-order valence-corrected chi connectivity index (χ3v) is 3.98. The van der Waals surface area contributed by atoms with E-state index in [4.69, 9.17) is 14.2 Å². The van der Waals surface area contributed by atoms with Crippen molar-refractivity contribution < 1.29 is 22.8 Å². The summed E-state index contributed by atoms with van der Waals surface area (Å²) < 4.78 is 41.0. The Kier molecular flexibility index (Phi) is 5.30. The number of benzene rings is 1. The largest absolute Gasteiger partial charge is 0.467 e. The van der Waals surface area contributed by atoms with Crippen LogP contribution in [-0.2, 0) is 32.6 Å². The molecule has 0 amide bonds. The van der Waals surface area contributed by atoms with Crippen LogP contribution in [0.3, 0.4) is 0 Å². The molecule has 1 aromatic rings. The van der Waals surface area contributed by atoms with Crippen LogP contribution in [0.4, 0.5) is 4.39 Å². The van der Waals surface area contributed by atoms with Gasteiger partial charge >= 0.3 is 0 Å². The zero-order chi connectivity index (χ0) is 13.7. The highest BCUT2D eigenvalue weighted by Gasteiger charge is 2.18. The fourth-order valence-electron chi connectivity index (χ4n) is 1.91. The molecule has 4 nitrogen and oxygen atoms in total. The normalized spacial score (nSPS) is 15.7. The van der Waals surface area contributed by atoms with E-state index in [1.165, 1.54) is 12.1 Å². The molecule has 0 aromatic heterocycles. The molecule has 1 aliphatic heterocycles. The lowest BCUT2D eigenvalue weighted by atomic mass is 10.1. The van der Waals surface area contributed by atoms with Gasteiger partial charge in [0.15, 0.2) is 6.79 Å². The molecule has 0 spiro atoms. The molecule has 0 N–H and O–H groups in total. The molecule has 19 heavy (non-hydrogen) atoms. The highest BCUT2D eigenvalue weighted by molar-refractivity contribution is 7.84. The quantitative estimate of drug-likeness (QED) is 0.751. The summed E-state index contributed by atoms with van der Waals surface area (Å²) in [6.07, 6.45) is 0. The fraction of sp³-hybridized carbons (Fsp3) is 0.538. The molecule has 0 fully saturated rings. The predicted molar refractivity (Wildman–Crippen MR) is 69.9 cm³/mol. The second-order valence-electron chi connectivity index (χ2n) is 4.15. The van der Waals surface area contributed by atoms with Gasteiger partial charge in [0, 0.05) is 34.3 Å². The Balaban J connectivity index is 2.07. The van der Waals surface area contributed by atoms with Crippen LogP contribution in [0.1, 0.15) is 18.1 Å². The van der Waals surface area contributed by atoms with Gasteiger partial charge in [-0.15, -0.1) is 0 Å². The monoisotopic (exact) mass is 288 g/mol. The van der Waals surface area contributed by atoms with Crippen molar-refractivity contribution in [1.29, 1.82) is 0 Å². The number of halogens is 1. The third-order valence-electron chi connectivity index (χ3n) is 2.73. The van der Waals surface area contributed by atoms with Gasteiger partial charge in [-0.3, -0.25) is 4.21 Å². The van der Waals surface area contributed by atoms with Crippen LogP contribution >= 0.6 is 0 Å².